The van der Waals surface area contributed by atoms with Crippen molar-refractivity contribution in [2.45, 2.75) is 19.9 Å². The Labute approximate surface area is 106 Å². The largest absolute Gasteiger partial charge is 0.311 e. The van der Waals surface area contributed by atoms with Crippen molar-refractivity contribution in [3.63, 3.8) is 0 Å². The predicted octanol–water partition coefficient (Wildman–Crippen LogP) is 2.71. The Hall–Kier alpha value is -2.38. The first-order valence-corrected chi connectivity index (χ1v) is 5.45. The lowest BCUT2D eigenvalue weighted by Gasteiger charge is -2.10. The molecule has 19 heavy (non-hydrogen) atoms. The fourth-order valence-electron chi connectivity index (χ4n) is 1.68. The van der Waals surface area contributed by atoms with Crippen LogP contribution in [0.2, 0.25) is 0 Å². The van der Waals surface area contributed by atoms with Crippen LogP contribution in [0.5, 0.6) is 0 Å². The topological polar surface area (TPSA) is 73.8 Å². The Morgan fingerprint density at radius 3 is 2.53 bits per heavy atom. The summed E-state index contributed by atoms with van der Waals surface area (Å²) in [7, 11) is 0. The van der Waals surface area contributed by atoms with E-state index in [9.17, 15) is 18.9 Å². The molecule has 100 valence electrons. The molecule has 2 rings (SSSR count). The summed E-state index contributed by atoms with van der Waals surface area (Å²) in [6, 6.07) is 1.23. The Kier molecular flexibility index (Phi) is 3.24. The van der Waals surface area contributed by atoms with Gasteiger partial charge < -0.3 is 4.57 Å². The number of benzene rings is 1. The van der Waals surface area contributed by atoms with Crippen LogP contribution in [0.4, 0.5) is 14.5 Å². The average Bonchev–Trinajstić information content (AvgIpc) is 2.80. The fraction of sp³-hybridized carbons (Fsp3) is 0.273. The number of hydrogen-bond acceptors (Lipinski definition) is 4. The van der Waals surface area contributed by atoms with Crippen molar-refractivity contribution in [3.05, 3.63) is 40.2 Å². The predicted molar refractivity (Wildman–Crippen MR) is 62.4 cm³/mol. The highest BCUT2D eigenvalue weighted by Gasteiger charge is 2.24. The first-order valence-electron chi connectivity index (χ1n) is 5.45. The van der Waals surface area contributed by atoms with Gasteiger partial charge >= 0.3 is 0 Å². The molecule has 0 amide bonds. The van der Waals surface area contributed by atoms with E-state index in [4.69, 9.17) is 0 Å². The molecule has 0 atom stereocenters. The van der Waals surface area contributed by atoms with Gasteiger partial charge in [-0.3, -0.25) is 10.1 Å². The van der Waals surface area contributed by atoms with E-state index in [1.54, 1.807) is 4.57 Å². The summed E-state index contributed by atoms with van der Waals surface area (Å²) in [6.07, 6.45) is 1.38. The van der Waals surface area contributed by atoms with E-state index in [0.717, 1.165) is 6.07 Å². The second-order valence-electron chi connectivity index (χ2n) is 4.20. The highest BCUT2D eigenvalue weighted by molar-refractivity contribution is 5.68. The van der Waals surface area contributed by atoms with Crippen molar-refractivity contribution in [3.8, 4) is 11.4 Å². The van der Waals surface area contributed by atoms with E-state index in [2.05, 4.69) is 10.2 Å². The number of nitro groups is 1. The summed E-state index contributed by atoms with van der Waals surface area (Å²) in [5.41, 5.74) is -0.649. The third-order valence-electron chi connectivity index (χ3n) is 2.61. The van der Waals surface area contributed by atoms with Crippen molar-refractivity contribution in [1.82, 2.24) is 14.8 Å². The van der Waals surface area contributed by atoms with Gasteiger partial charge in [-0.2, -0.15) is 0 Å². The number of halogens is 2. The highest BCUT2D eigenvalue weighted by atomic mass is 19.2. The maximum absolute atomic E-state index is 13.3. The molecular formula is C11H10F2N4O2. The van der Waals surface area contributed by atoms with E-state index in [1.807, 2.05) is 13.8 Å². The van der Waals surface area contributed by atoms with Gasteiger partial charge in [0.05, 0.1) is 11.0 Å². The van der Waals surface area contributed by atoms with Crippen molar-refractivity contribution in [2.75, 3.05) is 0 Å². The number of hydrogen-bond donors (Lipinski definition) is 0. The summed E-state index contributed by atoms with van der Waals surface area (Å²) < 4.78 is 27.9. The van der Waals surface area contributed by atoms with Gasteiger partial charge in [0.25, 0.3) is 5.69 Å². The van der Waals surface area contributed by atoms with E-state index in [0.29, 0.717) is 6.07 Å². The molecule has 0 spiro atoms. The molecule has 0 saturated heterocycles. The zero-order valence-electron chi connectivity index (χ0n) is 10.2. The van der Waals surface area contributed by atoms with Gasteiger partial charge in [-0.15, -0.1) is 10.2 Å². The molecule has 1 aromatic carbocycles. The molecule has 0 radical (unpaired) electrons. The zero-order valence-corrected chi connectivity index (χ0v) is 10.2. The quantitative estimate of drug-likeness (QED) is 0.633. The van der Waals surface area contributed by atoms with Crippen LogP contribution < -0.4 is 0 Å². The third kappa shape index (κ3) is 2.28. The summed E-state index contributed by atoms with van der Waals surface area (Å²) in [5.74, 6) is -2.31. The molecule has 6 nitrogen and oxygen atoms in total. The lowest BCUT2D eigenvalue weighted by molar-refractivity contribution is -0.384. The minimum Gasteiger partial charge on any atom is -0.311 e. The minimum absolute atomic E-state index is 0.0716. The van der Waals surface area contributed by atoms with Gasteiger partial charge in [0, 0.05) is 6.04 Å². The average molecular weight is 268 g/mol. The van der Waals surface area contributed by atoms with Gasteiger partial charge in [-0.25, -0.2) is 8.78 Å². The maximum Gasteiger partial charge on any atom is 0.283 e. The van der Waals surface area contributed by atoms with E-state index in [1.165, 1.54) is 6.33 Å². The molecule has 0 aliphatic carbocycles. The van der Waals surface area contributed by atoms with Crippen LogP contribution >= 0.6 is 0 Å². The molecule has 0 aliphatic rings. The van der Waals surface area contributed by atoms with Crippen LogP contribution in [0.3, 0.4) is 0 Å². The van der Waals surface area contributed by atoms with Gasteiger partial charge in [0.2, 0.25) is 0 Å². The smallest absolute Gasteiger partial charge is 0.283 e. The van der Waals surface area contributed by atoms with Crippen molar-refractivity contribution in [2.24, 2.45) is 0 Å². The van der Waals surface area contributed by atoms with Crippen LogP contribution in [-0.4, -0.2) is 19.7 Å². The number of nitro benzene ring substituents is 1. The minimum atomic E-state index is -1.27. The van der Waals surface area contributed by atoms with Crippen LogP contribution in [0.15, 0.2) is 18.5 Å². The molecule has 0 aliphatic heterocycles. The molecule has 0 saturated carbocycles. The van der Waals surface area contributed by atoms with E-state index in [-0.39, 0.29) is 17.4 Å². The van der Waals surface area contributed by atoms with Crippen LogP contribution in [-0.2, 0) is 0 Å². The first-order chi connectivity index (χ1) is 8.91. The van der Waals surface area contributed by atoms with Crippen LogP contribution in [0.25, 0.3) is 11.4 Å². The second kappa shape index (κ2) is 4.71. The summed E-state index contributed by atoms with van der Waals surface area (Å²) in [4.78, 5) is 10.1. The molecule has 1 aromatic heterocycles. The lowest BCUT2D eigenvalue weighted by atomic mass is 10.1. The van der Waals surface area contributed by atoms with Crippen molar-refractivity contribution >= 4 is 5.69 Å². The Morgan fingerprint density at radius 1 is 1.32 bits per heavy atom. The Balaban J connectivity index is 2.70. The SMILES string of the molecule is CC(C)n1cnnc1-c1cc(F)c(F)cc1[N+](=O)[O-]. The summed E-state index contributed by atoms with van der Waals surface area (Å²) in [5, 5.41) is 18.3. The lowest BCUT2D eigenvalue weighted by Crippen LogP contribution is -2.04. The molecule has 0 bridgehead atoms. The van der Waals surface area contributed by atoms with Crippen LogP contribution in [0, 0.1) is 21.7 Å². The van der Waals surface area contributed by atoms with E-state index >= 15 is 0 Å². The van der Waals surface area contributed by atoms with Crippen molar-refractivity contribution in [1.29, 1.82) is 0 Å². The van der Waals surface area contributed by atoms with Crippen LogP contribution in [0.1, 0.15) is 19.9 Å². The number of nitrogens with zero attached hydrogens (tertiary/aromatic N) is 4. The number of rotatable bonds is 3. The molecule has 1 heterocycles. The zero-order chi connectivity index (χ0) is 14.2. The summed E-state index contributed by atoms with van der Waals surface area (Å²) in [6.45, 7) is 3.64. The van der Waals surface area contributed by atoms with Gasteiger partial charge in [-0.1, -0.05) is 0 Å². The maximum atomic E-state index is 13.3. The first kappa shape index (κ1) is 13.1. The standard InChI is InChI=1S/C11H10F2N4O2/c1-6(2)16-5-14-15-11(16)7-3-8(12)9(13)4-10(7)17(18)19/h3-6H,1-2H3. The molecule has 0 fully saturated rings. The normalized spacial score (nSPS) is 11.0. The molecule has 0 unspecified atom stereocenters. The second-order valence-corrected chi connectivity index (χ2v) is 4.20. The number of aromatic nitrogens is 3. The van der Waals surface area contributed by atoms with Gasteiger partial charge in [0.1, 0.15) is 11.9 Å². The molecule has 0 N–H and O–H groups in total. The van der Waals surface area contributed by atoms with Gasteiger partial charge in [-0.05, 0) is 19.9 Å². The molecular weight excluding hydrogens is 258 g/mol. The fourth-order valence-corrected chi connectivity index (χ4v) is 1.68. The molecule has 2 aromatic rings. The van der Waals surface area contributed by atoms with Crippen molar-refractivity contribution < 1.29 is 13.7 Å². The third-order valence-corrected chi connectivity index (χ3v) is 2.61. The Morgan fingerprint density at radius 2 is 1.95 bits per heavy atom. The van der Waals surface area contributed by atoms with Gasteiger partial charge in [0.15, 0.2) is 17.5 Å². The summed E-state index contributed by atoms with van der Waals surface area (Å²) >= 11 is 0. The highest BCUT2D eigenvalue weighted by Crippen LogP contribution is 2.31. The molecule has 8 heteroatoms. The van der Waals surface area contributed by atoms with E-state index < -0.39 is 22.2 Å². The Bertz CT molecular complexity index is 640. The monoisotopic (exact) mass is 268 g/mol.